The van der Waals surface area contributed by atoms with E-state index in [1.165, 1.54) is 23.4 Å². The molecule has 2 heterocycles. The van der Waals surface area contributed by atoms with Gasteiger partial charge in [0.25, 0.3) is 9.05 Å². The second kappa shape index (κ2) is 13.1. The van der Waals surface area contributed by atoms with E-state index in [1.54, 1.807) is 0 Å². The molecule has 0 spiro atoms. The van der Waals surface area contributed by atoms with E-state index in [4.69, 9.17) is 4.74 Å². The summed E-state index contributed by atoms with van der Waals surface area (Å²) in [6.07, 6.45) is -0.373. The molecule has 0 aliphatic carbocycles. The average Bonchev–Trinajstić information content (AvgIpc) is 2.64. The van der Waals surface area contributed by atoms with Gasteiger partial charge in [0.1, 0.15) is 5.60 Å². The van der Waals surface area contributed by atoms with Gasteiger partial charge in [0.15, 0.2) is 0 Å². The van der Waals surface area contributed by atoms with Crippen LogP contribution in [0.4, 0.5) is 4.79 Å². The lowest BCUT2D eigenvalue weighted by atomic mass is 10.0. The fraction of sp³-hybridized carbons (Fsp3) is 0.632. The first kappa shape index (κ1) is 31.8. The number of ether oxygens (including phenoxy) is 3. The third-order valence-electron chi connectivity index (χ3n) is 4.22. The van der Waals surface area contributed by atoms with Gasteiger partial charge in [-0.05, 0) is 20.8 Å². The zero-order valence-electron chi connectivity index (χ0n) is 19.7. The van der Waals surface area contributed by atoms with Crippen molar-refractivity contribution in [3.63, 3.8) is 0 Å². The number of halogens is 1. The topological polar surface area (TPSA) is 154 Å². The molecule has 12 nitrogen and oxygen atoms in total. The van der Waals surface area contributed by atoms with Crippen LogP contribution in [-0.2, 0) is 42.9 Å². The van der Waals surface area contributed by atoms with Gasteiger partial charge < -0.3 is 19.1 Å². The summed E-state index contributed by atoms with van der Waals surface area (Å²) in [5.74, 6) is -1.15. The van der Waals surface area contributed by atoms with Crippen LogP contribution >= 0.6 is 10.7 Å². The van der Waals surface area contributed by atoms with Gasteiger partial charge in [-0.2, -0.15) is 4.31 Å². The molecule has 2 rings (SSSR count). The maximum absolute atomic E-state index is 11.4. The summed E-state index contributed by atoms with van der Waals surface area (Å²) in [6, 6.07) is 0. The van der Waals surface area contributed by atoms with E-state index in [-0.39, 0.29) is 43.0 Å². The Morgan fingerprint density at radius 2 is 1.26 bits per heavy atom. The largest absolute Gasteiger partial charge is 0.469 e. The molecule has 1 amide bonds. The lowest BCUT2D eigenvalue weighted by Gasteiger charge is -2.37. The number of likely N-dealkylation sites (tertiary alicyclic amines) is 1. The summed E-state index contributed by atoms with van der Waals surface area (Å²) in [5, 5.41) is 1.55. The van der Waals surface area contributed by atoms with Gasteiger partial charge in [0.05, 0.1) is 26.1 Å². The number of sulfonamides is 1. The van der Waals surface area contributed by atoms with Crippen LogP contribution in [0.3, 0.4) is 0 Å². The minimum absolute atomic E-state index is 0.192. The molecule has 0 radical (unpaired) electrons. The van der Waals surface area contributed by atoms with E-state index in [2.05, 4.69) is 33.3 Å². The first-order chi connectivity index (χ1) is 15.4. The molecule has 34 heavy (non-hydrogen) atoms. The molecule has 0 unspecified atom stereocenters. The van der Waals surface area contributed by atoms with Crippen LogP contribution in [0.5, 0.6) is 0 Å². The third kappa shape index (κ3) is 11.3. The Morgan fingerprint density at radius 1 is 0.882 bits per heavy atom. The molecule has 196 valence electrons. The van der Waals surface area contributed by atoms with Gasteiger partial charge in [0.2, 0.25) is 10.0 Å². The number of esters is 2. The van der Waals surface area contributed by atoms with E-state index < -0.39 is 24.7 Å². The van der Waals surface area contributed by atoms with Crippen molar-refractivity contribution < 1.29 is 45.4 Å². The highest BCUT2D eigenvalue weighted by atomic mass is 35.7. The molecule has 0 atom stereocenters. The SMILES string of the molecule is C=CS(=O)(=O)Cl.C=CS(=O)(=O)N1CC(C(=O)OC)C1.COC(=O)C1CN(C(=O)OC(C)(C)C)C1. The standard InChI is InChI=1S/C10H17NO4.C7H11NO4S.C2H3ClO2S/c1-10(2,3)15-9(13)11-5-7(6-11)8(12)14-4;1-3-13(10,11)8-4-6(5-8)7(9)12-2;1-2-6(3,4)5/h7H,5-6H2,1-4H3;3,6H,1,4-5H2,2H3;2H,1H2. The van der Waals surface area contributed by atoms with Crippen molar-refractivity contribution in [1.82, 2.24) is 9.21 Å². The van der Waals surface area contributed by atoms with Crippen LogP contribution in [0.2, 0.25) is 0 Å². The molecule has 0 aromatic rings. The third-order valence-corrected chi connectivity index (χ3v) is 6.44. The second-order valence-electron chi connectivity index (χ2n) is 8.00. The predicted octanol–water partition coefficient (Wildman–Crippen LogP) is 1.29. The first-order valence-electron chi connectivity index (χ1n) is 9.74. The molecular formula is C19H31ClN2O10S2. The van der Waals surface area contributed by atoms with Crippen LogP contribution in [0.15, 0.2) is 24.0 Å². The smallest absolute Gasteiger partial charge is 0.410 e. The molecule has 2 aliphatic heterocycles. The van der Waals surface area contributed by atoms with Crippen LogP contribution in [-0.4, -0.2) is 90.1 Å². The van der Waals surface area contributed by atoms with Crippen LogP contribution in [0, 0.1) is 11.8 Å². The zero-order valence-corrected chi connectivity index (χ0v) is 22.1. The number of methoxy groups -OCH3 is 2. The number of hydrogen-bond donors (Lipinski definition) is 0. The van der Waals surface area contributed by atoms with E-state index in [0.29, 0.717) is 18.5 Å². The highest BCUT2D eigenvalue weighted by Gasteiger charge is 2.39. The minimum atomic E-state index is -3.43. The van der Waals surface area contributed by atoms with E-state index in [1.807, 2.05) is 20.8 Å². The summed E-state index contributed by atoms with van der Waals surface area (Å²) in [4.78, 5) is 34.9. The van der Waals surface area contributed by atoms with Crippen LogP contribution in [0.1, 0.15) is 20.8 Å². The molecule has 0 bridgehead atoms. The maximum atomic E-state index is 11.4. The highest BCUT2D eigenvalue weighted by Crippen LogP contribution is 2.21. The Morgan fingerprint density at radius 3 is 1.56 bits per heavy atom. The van der Waals surface area contributed by atoms with Crippen molar-refractivity contribution in [3.05, 3.63) is 24.0 Å². The molecule has 2 aliphatic rings. The molecule has 0 aromatic carbocycles. The Labute approximate surface area is 204 Å². The molecule has 0 saturated carbocycles. The van der Waals surface area contributed by atoms with Crippen LogP contribution in [0.25, 0.3) is 0 Å². The first-order valence-corrected chi connectivity index (χ1v) is 13.6. The second-order valence-corrected chi connectivity index (χ2v) is 12.5. The summed E-state index contributed by atoms with van der Waals surface area (Å²) in [5.41, 5.74) is -0.493. The van der Waals surface area contributed by atoms with Crippen molar-refractivity contribution >= 4 is 47.8 Å². The maximum Gasteiger partial charge on any atom is 0.410 e. The lowest BCUT2D eigenvalue weighted by molar-refractivity contribution is -0.151. The Kier molecular flexibility index (Phi) is 12.2. The zero-order chi connectivity index (χ0) is 26.9. The number of carbonyl (C=O) groups excluding carboxylic acids is 3. The number of amides is 1. The fourth-order valence-corrected chi connectivity index (χ4v) is 3.32. The normalized spacial score (nSPS) is 16.7. The number of rotatable bonds is 5. The highest BCUT2D eigenvalue weighted by molar-refractivity contribution is 8.16. The van der Waals surface area contributed by atoms with Crippen molar-refractivity contribution in [2.45, 2.75) is 26.4 Å². The Hall–Kier alpha value is -2.16. The average molecular weight is 547 g/mol. The van der Waals surface area contributed by atoms with E-state index in [0.717, 1.165) is 5.41 Å². The summed E-state index contributed by atoms with van der Waals surface area (Å²) in [6.45, 7) is 12.7. The molecule has 0 aromatic heterocycles. The number of hydrogen-bond acceptors (Lipinski definition) is 10. The molecule has 2 saturated heterocycles. The minimum Gasteiger partial charge on any atom is -0.469 e. The fourth-order valence-electron chi connectivity index (χ4n) is 2.34. The van der Waals surface area contributed by atoms with Crippen LogP contribution < -0.4 is 0 Å². The monoisotopic (exact) mass is 546 g/mol. The van der Waals surface area contributed by atoms with Gasteiger partial charge in [-0.15, -0.1) is 0 Å². The Balaban J connectivity index is 0.000000524. The quantitative estimate of drug-likeness (QED) is 0.280. The predicted molar refractivity (Wildman–Crippen MR) is 124 cm³/mol. The lowest BCUT2D eigenvalue weighted by Crippen LogP contribution is -2.54. The van der Waals surface area contributed by atoms with Gasteiger partial charge >= 0.3 is 18.0 Å². The van der Waals surface area contributed by atoms with Crippen molar-refractivity contribution in [2.75, 3.05) is 40.4 Å². The Bertz CT molecular complexity index is 950. The molecule has 2 fully saturated rings. The van der Waals surface area contributed by atoms with E-state index >= 15 is 0 Å². The van der Waals surface area contributed by atoms with Crippen molar-refractivity contribution in [1.29, 1.82) is 0 Å². The van der Waals surface area contributed by atoms with Crippen molar-refractivity contribution in [3.8, 4) is 0 Å². The van der Waals surface area contributed by atoms with Gasteiger partial charge in [-0.25, -0.2) is 21.6 Å². The molecular weight excluding hydrogens is 516 g/mol. The van der Waals surface area contributed by atoms with Crippen molar-refractivity contribution in [2.24, 2.45) is 11.8 Å². The summed E-state index contributed by atoms with van der Waals surface area (Å²) >= 11 is 0. The molecule has 0 N–H and O–H groups in total. The van der Waals surface area contributed by atoms with Gasteiger partial charge in [0, 0.05) is 47.7 Å². The van der Waals surface area contributed by atoms with Gasteiger partial charge in [-0.3, -0.25) is 9.59 Å². The van der Waals surface area contributed by atoms with Gasteiger partial charge in [-0.1, -0.05) is 13.2 Å². The summed E-state index contributed by atoms with van der Waals surface area (Å²) in [7, 11) is 0.430. The summed E-state index contributed by atoms with van der Waals surface area (Å²) < 4.78 is 56.8. The molecule has 15 heteroatoms. The van der Waals surface area contributed by atoms with E-state index in [9.17, 15) is 31.2 Å². The number of nitrogens with zero attached hydrogens (tertiary/aromatic N) is 2. The number of carbonyl (C=O) groups is 3.